The molecule has 0 fully saturated rings. The summed E-state index contributed by atoms with van der Waals surface area (Å²) in [4.78, 5) is 23.5. The quantitative estimate of drug-likeness (QED) is 0.593. The van der Waals surface area contributed by atoms with E-state index >= 15 is 0 Å². The van der Waals surface area contributed by atoms with Gasteiger partial charge in [0.25, 0.3) is 4.74 Å². The molecule has 2 rings (SSSR count). The van der Waals surface area contributed by atoms with Crippen LogP contribution in [0.15, 0.2) is 35.1 Å². The molecule has 76 valence electrons. The number of hydrogen-bond acceptors (Lipinski definition) is 4. The number of hydrogen-bond donors (Lipinski definition) is 0. The molecule has 15 heavy (non-hydrogen) atoms. The van der Waals surface area contributed by atoms with Crippen LogP contribution in [-0.4, -0.2) is 5.78 Å². The molecule has 0 unspecified atom stereocenters. The summed E-state index contributed by atoms with van der Waals surface area (Å²) < 4.78 is -0.0311. The molecule has 0 saturated heterocycles. The van der Waals surface area contributed by atoms with Crippen LogP contribution in [0.25, 0.3) is 11.1 Å². The highest BCUT2D eigenvalue weighted by Crippen LogP contribution is 2.26. The first-order valence-corrected chi connectivity index (χ1v) is 6.54. The predicted octanol–water partition coefficient (Wildman–Crippen LogP) is 3.04. The van der Waals surface area contributed by atoms with Crippen molar-refractivity contribution in [1.82, 2.24) is 0 Å². The van der Waals surface area contributed by atoms with Gasteiger partial charge in [-0.1, -0.05) is 40.7 Å². The van der Waals surface area contributed by atoms with E-state index in [1.165, 1.54) is 17.3 Å². The number of carbonyl (C=O) groups excluding carboxylic acids is 1. The standard InChI is InChI=1S/C11H8O2S2/c1-7(12)10-9(11(13)15-14-10)8-5-3-2-4-6-8/h2-6H,1H3. The largest absolute Gasteiger partial charge is 0.294 e. The molecule has 0 spiro atoms. The summed E-state index contributed by atoms with van der Waals surface area (Å²) in [5.74, 6) is -0.0443. The number of rotatable bonds is 2. The molecule has 0 radical (unpaired) electrons. The molecule has 0 aliphatic heterocycles. The Balaban J connectivity index is 2.67. The molecule has 0 atom stereocenters. The zero-order valence-corrected chi connectivity index (χ0v) is 9.65. The second kappa shape index (κ2) is 4.08. The summed E-state index contributed by atoms with van der Waals surface area (Å²) in [6.45, 7) is 1.49. The lowest BCUT2D eigenvalue weighted by molar-refractivity contribution is 0.102. The average molecular weight is 236 g/mol. The molecule has 2 nitrogen and oxygen atoms in total. The van der Waals surface area contributed by atoms with E-state index in [4.69, 9.17) is 0 Å². The zero-order valence-electron chi connectivity index (χ0n) is 8.02. The molecule has 1 heterocycles. The van der Waals surface area contributed by atoms with E-state index in [0.717, 1.165) is 15.9 Å². The van der Waals surface area contributed by atoms with Crippen molar-refractivity contribution in [3.8, 4) is 11.1 Å². The maximum atomic E-state index is 11.6. The molecular weight excluding hydrogens is 228 g/mol. The van der Waals surface area contributed by atoms with Crippen molar-refractivity contribution >= 4 is 26.5 Å². The maximum Gasteiger partial charge on any atom is 0.251 e. The molecule has 1 aromatic carbocycles. The van der Waals surface area contributed by atoms with Gasteiger partial charge in [-0.05, 0) is 15.9 Å². The first-order valence-electron chi connectivity index (χ1n) is 4.39. The van der Waals surface area contributed by atoms with Crippen LogP contribution < -0.4 is 4.74 Å². The fraction of sp³-hybridized carbons (Fsp3) is 0.0909. The maximum absolute atomic E-state index is 11.6. The van der Waals surface area contributed by atoms with Gasteiger partial charge in [-0.15, -0.1) is 0 Å². The van der Waals surface area contributed by atoms with Gasteiger partial charge in [0.2, 0.25) is 0 Å². The second-order valence-corrected chi connectivity index (χ2v) is 5.19. The minimum Gasteiger partial charge on any atom is -0.294 e. The number of carbonyl (C=O) groups is 1. The Hall–Kier alpha value is -1.26. The van der Waals surface area contributed by atoms with Gasteiger partial charge in [0.1, 0.15) is 0 Å². The summed E-state index contributed by atoms with van der Waals surface area (Å²) >= 11 is 0. The Morgan fingerprint density at radius 2 is 1.80 bits per heavy atom. The van der Waals surface area contributed by atoms with Gasteiger partial charge in [0, 0.05) is 6.92 Å². The highest BCUT2D eigenvalue weighted by molar-refractivity contribution is 7.69. The molecule has 0 N–H and O–H groups in total. The lowest BCUT2D eigenvalue weighted by Crippen LogP contribution is -1.99. The van der Waals surface area contributed by atoms with Gasteiger partial charge in [-0.3, -0.25) is 9.59 Å². The van der Waals surface area contributed by atoms with Gasteiger partial charge in [-0.2, -0.15) is 0 Å². The van der Waals surface area contributed by atoms with Crippen molar-refractivity contribution in [1.29, 1.82) is 0 Å². The minimum absolute atomic E-state index is 0.0311. The fourth-order valence-corrected chi connectivity index (χ4v) is 3.61. The highest BCUT2D eigenvalue weighted by atomic mass is 32.9. The van der Waals surface area contributed by atoms with Gasteiger partial charge < -0.3 is 0 Å². The Bertz CT molecular complexity index is 537. The van der Waals surface area contributed by atoms with Crippen molar-refractivity contribution in [2.75, 3.05) is 0 Å². The molecule has 0 aliphatic rings. The van der Waals surface area contributed by atoms with Crippen LogP contribution in [0.3, 0.4) is 0 Å². The van der Waals surface area contributed by atoms with Crippen LogP contribution in [0.5, 0.6) is 0 Å². The summed E-state index contributed by atoms with van der Waals surface area (Å²) in [5.41, 5.74) is 1.38. The van der Waals surface area contributed by atoms with E-state index in [9.17, 15) is 9.59 Å². The average Bonchev–Trinajstić information content (AvgIpc) is 2.61. The van der Waals surface area contributed by atoms with E-state index in [1.54, 1.807) is 0 Å². The van der Waals surface area contributed by atoms with Crippen LogP contribution in [0, 0.1) is 0 Å². The van der Waals surface area contributed by atoms with Crippen LogP contribution in [0.4, 0.5) is 0 Å². The molecular formula is C11H8O2S2. The van der Waals surface area contributed by atoms with Crippen LogP contribution in [-0.2, 0) is 0 Å². The lowest BCUT2D eigenvalue weighted by Gasteiger charge is -1.97. The smallest absolute Gasteiger partial charge is 0.251 e. The van der Waals surface area contributed by atoms with Crippen molar-refractivity contribution in [3.63, 3.8) is 0 Å². The molecule has 0 saturated carbocycles. The van der Waals surface area contributed by atoms with Gasteiger partial charge in [0.15, 0.2) is 5.78 Å². The third-order valence-electron chi connectivity index (χ3n) is 2.01. The summed E-state index contributed by atoms with van der Waals surface area (Å²) in [5, 5.41) is 0. The van der Waals surface area contributed by atoms with E-state index in [0.29, 0.717) is 10.4 Å². The zero-order chi connectivity index (χ0) is 10.8. The van der Waals surface area contributed by atoms with Gasteiger partial charge in [-0.25, -0.2) is 0 Å². The SMILES string of the molecule is CC(=O)c1ssc(=O)c1-c1ccccc1. The number of benzene rings is 1. The third-order valence-corrected chi connectivity index (χ3v) is 4.32. The van der Waals surface area contributed by atoms with Crippen molar-refractivity contribution in [2.24, 2.45) is 0 Å². The van der Waals surface area contributed by atoms with Crippen LogP contribution in [0.2, 0.25) is 0 Å². The molecule has 0 aliphatic carbocycles. The van der Waals surface area contributed by atoms with Crippen LogP contribution in [0.1, 0.15) is 16.6 Å². The van der Waals surface area contributed by atoms with Crippen LogP contribution >= 0.6 is 20.7 Å². The summed E-state index contributed by atoms with van der Waals surface area (Å²) in [6.07, 6.45) is 0. The Morgan fingerprint density at radius 1 is 1.13 bits per heavy atom. The normalized spacial score (nSPS) is 10.2. The van der Waals surface area contributed by atoms with Crippen molar-refractivity contribution in [2.45, 2.75) is 6.92 Å². The molecule has 0 bridgehead atoms. The monoisotopic (exact) mass is 236 g/mol. The molecule has 2 aromatic rings. The van der Waals surface area contributed by atoms with Gasteiger partial charge in [0.05, 0.1) is 10.4 Å². The van der Waals surface area contributed by atoms with E-state index in [1.807, 2.05) is 30.3 Å². The second-order valence-electron chi connectivity index (χ2n) is 3.08. The van der Waals surface area contributed by atoms with Crippen molar-refractivity contribution in [3.05, 3.63) is 44.7 Å². The third kappa shape index (κ3) is 1.91. The molecule has 0 amide bonds. The first kappa shape index (κ1) is 10.3. The fourth-order valence-electron chi connectivity index (χ4n) is 1.34. The predicted molar refractivity (Wildman–Crippen MR) is 63.9 cm³/mol. The lowest BCUT2D eigenvalue weighted by atomic mass is 10.1. The Labute approximate surface area is 94.2 Å². The highest BCUT2D eigenvalue weighted by Gasteiger charge is 2.15. The Morgan fingerprint density at radius 3 is 2.40 bits per heavy atom. The topological polar surface area (TPSA) is 34.1 Å². The van der Waals surface area contributed by atoms with Crippen molar-refractivity contribution < 1.29 is 4.79 Å². The molecule has 1 aromatic heterocycles. The molecule has 4 heteroatoms. The number of Topliss-reactive ketones (excluding diaryl/α,β-unsaturated/α-hetero) is 1. The summed E-state index contributed by atoms with van der Waals surface area (Å²) in [6, 6.07) is 9.31. The minimum atomic E-state index is -0.0443. The van der Waals surface area contributed by atoms with Gasteiger partial charge >= 0.3 is 0 Å². The first-order chi connectivity index (χ1) is 7.20. The number of ketones is 1. The van der Waals surface area contributed by atoms with E-state index < -0.39 is 0 Å². The summed E-state index contributed by atoms with van der Waals surface area (Å²) in [7, 11) is 2.38. The Kier molecular flexibility index (Phi) is 2.79. The van der Waals surface area contributed by atoms with E-state index in [2.05, 4.69) is 0 Å². The van der Waals surface area contributed by atoms with E-state index in [-0.39, 0.29) is 10.5 Å².